The molecule has 1 aromatic heterocycles. The summed E-state index contributed by atoms with van der Waals surface area (Å²) in [5.74, 6) is -0.473. The third-order valence-electron chi connectivity index (χ3n) is 3.88. The van der Waals surface area contributed by atoms with E-state index >= 15 is 0 Å². The average Bonchev–Trinajstić information content (AvgIpc) is 2.66. The molecule has 0 radical (unpaired) electrons. The first kappa shape index (κ1) is 17.7. The molecule has 6 nitrogen and oxygen atoms in total. The van der Waals surface area contributed by atoms with Gasteiger partial charge in [0.2, 0.25) is 5.91 Å². The van der Waals surface area contributed by atoms with E-state index in [0.717, 1.165) is 11.1 Å². The van der Waals surface area contributed by atoms with Gasteiger partial charge in [-0.3, -0.25) is 9.59 Å². The monoisotopic (exact) mass is 368 g/mol. The maximum atomic E-state index is 12.4. The van der Waals surface area contributed by atoms with E-state index in [2.05, 4.69) is 10.4 Å². The second kappa shape index (κ2) is 7.84. The Kier molecular flexibility index (Phi) is 5.34. The first-order valence-corrected chi connectivity index (χ1v) is 8.34. The maximum absolute atomic E-state index is 12.4. The fraction of sp³-hybridized carbons (Fsp3) is 0.105. The molecule has 0 aliphatic rings. The Morgan fingerprint density at radius 2 is 1.77 bits per heavy atom. The Morgan fingerprint density at radius 3 is 2.42 bits per heavy atom. The molecule has 7 heteroatoms. The molecule has 3 rings (SSSR count). The first-order chi connectivity index (χ1) is 12.5. The lowest BCUT2D eigenvalue weighted by atomic mass is 10.1. The van der Waals surface area contributed by atoms with Crippen molar-refractivity contribution in [3.63, 3.8) is 0 Å². The van der Waals surface area contributed by atoms with Gasteiger partial charge < -0.3 is 11.1 Å². The molecule has 0 saturated heterocycles. The molecule has 0 fully saturated rings. The zero-order chi connectivity index (χ0) is 18.5. The summed E-state index contributed by atoms with van der Waals surface area (Å²) >= 11 is 6.20. The zero-order valence-electron chi connectivity index (χ0n) is 13.9. The molecular weight excluding hydrogens is 352 g/mol. The van der Waals surface area contributed by atoms with Gasteiger partial charge >= 0.3 is 0 Å². The van der Waals surface area contributed by atoms with Crippen LogP contribution in [0.5, 0.6) is 0 Å². The van der Waals surface area contributed by atoms with Crippen LogP contribution >= 0.6 is 11.6 Å². The summed E-state index contributed by atoms with van der Waals surface area (Å²) in [5, 5.41) is 7.35. The number of nitrogens with zero attached hydrogens (tertiary/aromatic N) is 2. The van der Waals surface area contributed by atoms with Crippen LogP contribution in [0, 0.1) is 0 Å². The summed E-state index contributed by atoms with van der Waals surface area (Å²) in [6.45, 7) is 0.789. The molecule has 0 aliphatic heterocycles. The molecule has 1 amide bonds. The van der Waals surface area contributed by atoms with Crippen molar-refractivity contribution in [3.8, 4) is 0 Å². The number of nitrogens with two attached hydrogens (primary N) is 1. The van der Waals surface area contributed by atoms with Crippen LogP contribution in [0.25, 0.3) is 0 Å². The zero-order valence-corrected chi connectivity index (χ0v) is 14.6. The number of hydrogen-bond acceptors (Lipinski definition) is 4. The minimum absolute atomic E-state index is 0.0877. The van der Waals surface area contributed by atoms with Gasteiger partial charge in [-0.2, -0.15) is 5.10 Å². The number of amides is 1. The second-order valence-electron chi connectivity index (χ2n) is 5.74. The number of rotatable bonds is 6. The first-order valence-electron chi connectivity index (χ1n) is 7.97. The summed E-state index contributed by atoms with van der Waals surface area (Å²) in [4.78, 5) is 23.5. The Balaban J connectivity index is 1.72. The third-order valence-corrected chi connectivity index (χ3v) is 4.25. The predicted octanol–water partition coefficient (Wildman–Crippen LogP) is 2.66. The van der Waals surface area contributed by atoms with E-state index in [9.17, 15) is 9.59 Å². The van der Waals surface area contributed by atoms with Gasteiger partial charge in [0.25, 0.3) is 5.56 Å². The van der Waals surface area contributed by atoms with E-state index in [-0.39, 0.29) is 10.6 Å². The maximum Gasteiger partial charge on any atom is 0.287 e. The predicted molar refractivity (Wildman–Crippen MR) is 101 cm³/mol. The molecule has 2 aromatic carbocycles. The Morgan fingerprint density at radius 1 is 1.08 bits per heavy atom. The van der Waals surface area contributed by atoms with Crippen LogP contribution in [0.1, 0.15) is 21.5 Å². The van der Waals surface area contributed by atoms with Crippen molar-refractivity contribution in [2.45, 2.75) is 13.1 Å². The number of benzene rings is 2. The molecule has 0 aliphatic carbocycles. The van der Waals surface area contributed by atoms with Crippen molar-refractivity contribution in [2.75, 3.05) is 5.32 Å². The van der Waals surface area contributed by atoms with Gasteiger partial charge in [0.05, 0.1) is 18.4 Å². The standard InChI is InChI=1S/C19H17ClN4O2/c20-17-16(22-10-13-6-8-15(9-7-13)18(21)25)11-23-24(19(17)26)12-14-4-2-1-3-5-14/h1-9,11,22H,10,12H2,(H2,21,25). The SMILES string of the molecule is NC(=O)c1ccc(CNc2cnn(Cc3ccccc3)c(=O)c2Cl)cc1. The Bertz CT molecular complexity index is 969. The van der Waals surface area contributed by atoms with Crippen LogP contribution in [-0.2, 0) is 13.1 Å². The second-order valence-corrected chi connectivity index (χ2v) is 6.11. The molecule has 1 heterocycles. The van der Waals surface area contributed by atoms with Crippen molar-refractivity contribution in [3.05, 3.63) is 92.9 Å². The minimum atomic E-state index is -0.473. The lowest BCUT2D eigenvalue weighted by Gasteiger charge is -2.11. The lowest BCUT2D eigenvalue weighted by molar-refractivity contribution is 0.100. The van der Waals surface area contributed by atoms with Crippen molar-refractivity contribution in [1.29, 1.82) is 0 Å². The largest absolute Gasteiger partial charge is 0.378 e. The van der Waals surface area contributed by atoms with Crippen molar-refractivity contribution >= 4 is 23.2 Å². The molecule has 0 unspecified atom stereocenters. The third kappa shape index (κ3) is 4.10. The summed E-state index contributed by atoms with van der Waals surface area (Å²) in [5.41, 5.74) is 7.64. The summed E-state index contributed by atoms with van der Waals surface area (Å²) in [7, 11) is 0. The van der Waals surface area contributed by atoms with E-state index in [4.69, 9.17) is 17.3 Å². The van der Waals surface area contributed by atoms with E-state index < -0.39 is 5.91 Å². The van der Waals surface area contributed by atoms with E-state index in [1.54, 1.807) is 24.3 Å². The molecule has 132 valence electrons. The number of hydrogen-bond donors (Lipinski definition) is 2. The van der Waals surface area contributed by atoms with Crippen molar-refractivity contribution < 1.29 is 4.79 Å². The Labute approximate surface area is 155 Å². The molecule has 3 aromatic rings. The van der Waals surface area contributed by atoms with Gasteiger partial charge in [-0.25, -0.2) is 4.68 Å². The number of carbonyl (C=O) groups excluding carboxylic acids is 1. The average molecular weight is 369 g/mol. The van der Waals surface area contributed by atoms with Gasteiger partial charge in [0.15, 0.2) is 0 Å². The summed E-state index contributed by atoms with van der Waals surface area (Å²) in [6, 6.07) is 16.4. The van der Waals surface area contributed by atoms with Gasteiger partial charge in [0, 0.05) is 12.1 Å². The van der Waals surface area contributed by atoms with E-state index in [1.807, 2.05) is 30.3 Å². The molecule has 26 heavy (non-hydrogen) atoms. The van der Waals surface area contributed by atoms with Crippen LogP contribution < -0.4 is 16.6 Å². The Hall–Kier alpha value is -3.12. The number of primary amides is 1. The number of nitrogens with one attached hydrogen (secondary N) is 1. The summed E-state index contributed by atoms with van der Waals surface area (Å²) < 4.78 is 1.32. The molecule has 3 N–H and O–H groups in total. The van der Waals surface area contributed by atoms with Crippen LogP contribution in [0.4, 0.5) is 5.69 Å². The van der Waals surface area contributed by atoms with Crippen LogP contribution in [-0.4, -0.2) is 15.7 Å². The lowest BCUT2D eigenvalue weighted by Crippen LogP contribution is -2.24. The van der Waals surface area contributed by atoms with Gasteiger partial charge in [-0.1, -0.05) is 54.1 Å². The number of carbonyl (C=O) groups is 1. The number of aromatic nitrogens is 2. The highest BCUT2D eigenvalue weighted by molar-refractivity contribution is 6.32. The van der Waals surface area contributed by atoms with E-state index in [1.165, 1.54) is 10.9 Å². The molecular formula is C19H17ClN4O2. The minimum Gasteiger partial charge on any atom is -0.378 e. The fourth-order valence-corrected chi connectivity index (χ4v) is 2.65. The molecule has 0 spiro atoms. The van der Waals surface area contributed by atoms with Crippen molar-refractivity contribution in [1.82, 2.24) is 9.78 Å². The van der Waals surface area contributed by atoms with Gasteiger partial charge in [-0.05, 0) is 23.3 Å². The quantitative estimate of drug-likeness (QED) is 0.699. The van der Waals surface area contributed by atoms with Gasteiger partial charge in [0.1, 0.15) is 5.02 Å². The van der Waals surface area contributed by atoms with Crippen molar-refractivity contribution in [2.24, 2.45) is 5.73 Å². The smallest absolute Gasteiger partial charge is 0.287 e. The molecule has 0 bridgehead atoms. The highest BCUT2D eigenvalue weighted by atomic mass is 35.5. The normalized spacial score (nSPS) is 10.5. The van der Waals surface area contributed by atoms with Crippen LogP contribution in [0.2, 0.25) is 5.02 Å². The molecule has 0 atom stereocenters. The number of halogens is 1. The molecule has 0 saturated carbocycles. The fourth-order valence-electron chi connectivity index (χ4n) is 2.44. The van der Waals surface area contributed by atoms with Crippen LogP contribution in [0.15, 0.2) is 65.6 Å². The van der Waals surface area contributed by atoms with Crippen LogP contribution in [0.3, 0.4) is 0 Å². The topological polar surface area (TPSA) is 90.0 Å². The highest BCUT2D eigenvalue weighted by Gasteiger charge is 2.10. The summed E-state index contributed by atoms with van der Waals surface area (Å²) in [6.07, 6.45) is 1.53. The highest BCUT2D eigenvalue weighted by Crippen LogP contribution is 2.17. The number of anilines is 1. The van der Waals surface area contributed by atoms with E-state index in [0.29, 0.717) is 24.3 Å². The van der Waals surface area contributed by atoms with Gasteiger partial charge in [-0.15, -0.1) is 0 Å².